The highest BCUT2D eigenvalue weighted by atomic mass is 35.5. The fourth-order valence-electron chi connectivity index (χ4n) is 3.13. The first-order valence-electron chi connectivity index (χ1n) is 8.25. The number of carbonyl (C=O) groups is 1. The summed E-state index contributed by atoms with van der Waals surface area (Å²) >= 11 is 6.13. The minimum absolute atomic E-state index is 0.216. The number of fused-ring (bicyclic) bond motifs is 1. The quantitative estimate of drug-likeness (QED) is 0.877. The lowest BCUT2D eigenvalue weighted by Gasteiger charge is -2.35. The summed E-state index contributed by atoms with van der Waals surface area (Å²) in [6, 6.07) is 14.4. The van der Waals surface area contributed by atoms with Crippen molar-refractivity contribution < 1.29 is 9.90 Å². The van der Waals surface area contributed by atoms with Gasteiger partial charge in [0.25, 0.3) is 0 Å². The number of hydrogen-bond acceptors (Lipinski definition) is 2. The average Bonchev–Trinajstić information content (AvgIpc) is 2.53. The number of carboxylic acids is 1. The van der Waals surface area contributed by atoms with Crippen molar-refractivity contribution in [2.45, 2.75) is 38.3 Å². The first kappa shape index (κ1) is 17.5. The van der Waals surface area contributed by atoms with Crippen molar-refractivity contribution in [2.24, 2.45) is 4.99 Å². The van der Waals surface area contributed by atoms with Crippen molar-refractivity contribution in [3.05, 3.63) is 70.2 Å². The number of aliphatic carboxylic acids is 1. The molecule has 4 nitrogen and oxygen atoms in total. The second kappa shape index (κ2) is 6.89. The molecule has 2 N–H and O–H groups in total. The van der Waals surface area contributed by atoms with Crippen molar-refractivity contribution in [1.82, 2.24) is 5.32 Å². The Kier molecular flexibility index (Phi) is 4.82. The molecule has 2 aromatic carbocycles. The number of hydrogen-bond donors (Lipinski definition) is 2. The van der Waals surface area contributed by atoms with Gasteiger partial charge in [-0.2, -0.15) is 0 Å². The highest BCUT2D eigenvalue weighted by Gasteiger charge is 2.30. The summed E-state index contributed by atoms with van der Waals surface area (Å²) < 4.78 is 0. The zero-order valence-corrected chi connectivity index (χ0v) is 15.0. The lowest BCUT2D eigenvalue weighted by atomic mass is 9.87. The maximum Gasteiger partial charge on any atom is 0.328 e. The second-order valence-corrected chi connectivity index (χ2v) is 7.45. The Hall–Kier alpha value is -2.33. The Morgan fingerprint density at radius 2 is 2.00 bits per heavy atom. The van der Waals surface area contributed by atoms with Crippen LogP contribution in [0.2, 0.25) is 5.02 Å². The van der Waals surface area contributed by atoms with Gasteiger partial charge in [0, 0.05) is 22.5 Å². The molecule has 0 fully saturated rings. The smallest absolute Gasteiger partial charge is 0.328 e. The van der Waals surface area contributed by atoms with Crippen LogP contribution in [-0.4, -0.2) is 28.5 Å². The molecule has 0 unspecified atom stereocenters. The molecule has 5 heteroatoms. The molecule has 130 valence electrons. The van der Waals surface area contributed by atoms with Gasteiger partial charge in [-0.05, 0) is 49.6 Å². The van der Waals surface area contributed by atoms with Gasteiger partial charge < -0.3 is 10.4 Å². The van der Waals surface area contributed by atoms with E-state index in [1.54, 1.807) is 0 Å². The number of halogens is 1. The van der Waals surface area contributed by atoms with Gasteiger partial charge >= 0.3 is 5.97 Å². The summed E-state index contributed by atoms with van der Waals surface area (Å²) in [5.41, 5.74) is 2.74. The number of amidine groups is 1. The zero-order chi connectivity index (χ0) is 18.0. The molecule has 0 bridgehead atoms. The molecular weight excluding hydrogens is 336 g/mol. The largest absolute Gasteiger partial charge is 0.480 e. The molecule has 1 aliphatic rings. The molecule has 0 saturated heterocycles. The van der Waals surface area contributed by atoms with Gasteiger partial charge in [-0.3, -0.25) is 4.99 Å². The van der Waals surface area contributed by atoms with Gasteiger partial charge in [0.15, 0.2) is 6.04 Å². The summed E-state index contributed by atoms with van der Waals surface area (Å²) in [4.78, 5) is 16.3. The molecule has 2 aromatic rings. The van der Waals surface area contributed by atoms with Crippen LogP contribution in [0.15, 0.2) is 53.5 Å². The summed E-state index contributed by atoms with van der Waals surface area (Å²) in [6.07, 6.45) is 1.16. The maximum absolute atomic E-state index is 11.7. The SMILES string of the molecule is CC1(C)Cc2cc(Cl)ccc2C(=N[C@H](Cc2ccccc2)C(=O)O)N1. The van der Waals surface area contributed by atoms with E-state index in [4.69, 9.17) is 11.6 Å². The third kappa shape index (κ3) is 4.20. The van der Waals surface area contributed by atoms with E-state index >= 15 is 0 Å². The predicted molar refractivity (Wildman–Crippen MR) is 100 cm³/mol. The van der Waals surface area contributed by atoms with Crippen molar-refractivity contribution in [3.63, 3.8) is 0 Å². The molecule has 0 aliphatic carbocycles. The number of carboxylic acid groups (broad SMARTS) is 1. The molecule has 25 heavy (non-hydrogen) atoms. The summed E-state index contributed by atoms with van der Waals surface area (Å²) in [6.45, 7) is 4.14. The van der Waals surface area contributed by atoms with E-state index in [1.807, 2.05) is 48.5 Å². The maximum atomic E-state index is 11.7. The molecule has 0 spiro atoms. The lowest BCUT2D eigenvalue weighted by molar-refractivity contribution is -0.138. The van der Waals surface area contributed by atoms with Gasteiger partial charge in [-0.1, -0.05) is 41.9 Å². The van der Waals surface area contributed by atoms with E-state index in [9.17, 15) is 9.90 Å². The van der Waals surface area contributed by atoms with Gasteiger partial charge in [-0.15, -0.1) is 0 Å². The molecule has 1 heterocycles. The van der Waals surface area contributed by atoms with Crippen LogP contribution in [0.4, 0.5) is 0 Å². The van der Waals surface area contributed by atoms with Crippen molar-refractivity contribution in [2.75, 3.05) is 0 Å². The third-order valence-electron chi connectivity index (χ3n) is 4.25. The zero-order valence-electron chi connectivity index (χ0n) is 14.3. The Morgan fingerprint density at radius 1 is 1.28 bits per heavy atom. The molecule has 0 radical (unpaired) electrons. The Labute approximate surface area is 152 Å². The number of nitrogens with one attached hydrogen (secondary N) is 1. The van der Waals surface area contributed by atoms with E-state index in [2.05, 4.69) is 24.2 Å². The van der Waals surface area contributed by atoms with E-state index in [0.29, 0.717) is 17.3 Å². The monoisotopic (exact) mass is 356 g/mol. The number of nitrogens with zero attached hydrogens (tertiary/aromatic N) is 1. The molecule has 3 rings (SSSR count). The van der Waals surface area contributed by atoms with Crippen LogP contribution in [0.5, 0.6) is 0 Å². The summed E-state index contributed by atoms with van der Waals surface area (Å²) in [5.74, 6) is -0.316. The Bertz CT molecular complexity index is 816. The minimum Gasteiger partial charge on any atom is -0.480 e. The van der Waals surface area contributed by atoms with Crippen molar-refractivity contribution in [3.8, 4) is 0 Å². The minimum atomic E-state index is -0.933. The third-order valence-corrected chi connectivity index (χ3v) is 4.49. The second-order valence-electron chi connectivity index (χ2n) is 7.01. The van der Waals surface area contributed by atoms with Crippen molar-refractivity contribution in [1.29, 1.82) is 0 Å². The van der Waals surface area contributed by atoms with E-state index in [1.165, 1.54) is 0 Å². The molecule has 1 atom stereocenters. The highest BCUT2D eigenvalue weighted by molar-refractivity contribution is 6.30. The normalized spacial score (nSPS) is 18.3. The van der Waals surface area contributed by atoms with Crippen LogP contribution in [0.3, 0.4) is 0 Å². The number of benzene rings is 2. The van der Waals surface area contributed by atoms with Crippen molar-refractivity contribution >= 4 is 23.4 Å². The number of rotatable bonds is 4. The van der Waals surface area contributed by atoms with E-state index in [0.717, 1.165) is 23.1 Å². The van der Waals surface area contributed by atoms with Gasteiger partial charge in [0.05, 0.1) is 0 Å². The van der Waals surface area contributed by atoms with E-state index in [-0.39, 0.29) is 5.54 Å². The predicted octanol–water partition coefficient (Wildman–Crippen LogP) is 3.71. The molecule has 0 saturated carbocycles. The summed E-state index contributed by atoms with van der Waals surface area (Å²) in [7, 11) is 0. The van der Waals surface area contributed by atoms with Crippen LogP contribution in [0.25, 0.3) is 0 Å². The molecule has 0 aromatic heterocycles. The lowest BCUT2D eigenvalue weighted by Crippen LogP contribution is -2.50. The Morgan fingerprint density at radius 3 is 2.68 bits per heavy atom. The molecular formula is C20H21ClN2O2. The van der Waals surface area contributed by atoms with Crippen LogP contribution in [-0.2, 0) is 17.6 Å². The first-order valence-corrected chi connectivity index (χ1v) is 8.63. The topological polar surface area (TPSA) is 61.7 Å². The van der Waals surface area contributed by atoms with Gasteiger partial charge in [0.2, 0.25) is 0 Å². The van der Waals surface area contributed by atoms with Gasteiger partial charge in [-0.25, -0.2) is 4.79 Å². The summed E-state index contributed by atoms with van der Waals surface area (Å²) in [5, 5.41) is 13.7. The number of aliphatic imine (C=N–C) groups is 1. The molecule has 0 amide bonds. The standard InChI is InChI=1S/C20H21ClN2O2/c1-20(2)12-14-11-15(21)8-9-16(14)18(23-20)22-17(19(24)25)10-13-6-4-3-5-7-13/h3-9,11,17H,10,12H2,1-2H3,(H,22,23)(H,24,25)/t17-/m1/s1. The first-order chi connectivity index (χ1) is 11.8. The highest BCUT2D eigenvalue weighted by Crippen LogP contribution is 2.26. The fourth-order valence-corrected chi connectivity index (χ4v) is 3.33. The van der Waals surface area contributed by atoms with Crippen LogP contribution in [0, 0.1) is 0 Å². The average molecular weight is 357 g/mol. The Balaban J connectivity index is 1.98. The van der Waals surface area contributed by atoms with Crippen LogP contribution >= 0.6 is 11.6 Å². The molecule has 1 aliphatic heterocycles. The van der Waals surface area contributed by atoms with Crippen LogP contribution in [0.1, 0.15) is 30.5 Å². The fraction of sp³-hybridized carbons (Fsp3) is 0.300. The van der Waals surface area contributed by atoms with Gasteiger partial charge in [0.1, 0.15) is 5.84 Å². The van der Waals surface area contributed by atoms with E-state index < -0.39 is 12.0 Å². The van der Waals surface area contributed by atoms with Crippen LogP contribution < -0.4 is 5.32 Å².